The van der Waals surface area contributed by atoms with E-state index in [4.69, 9.17) is 9.47 Å². The van der Waals surface area contributed by atoms with Crippen molar-refractivity contribution >= 4 is 33.5 Å². The number of hydrogen-bond acceptors (Lipinski definition) is 5. The second-order valence-electron chi connectivity index (χ2n) is 6.50. The molecular weight excluding hydrogens is 372 g/mol. The molecule has 0 spiro atoms. The van der Waals surface area contributed by atoms with Crippen molar-refractivity contribution in [2.45, 2.75) is 13.0 Å². The summed E-state index contributed by atoms with van der Waals surface area (Å²) in [6, 6.07) is 12.7. The van der Waals surface area contributed by atoms with Crippen molar-refractivity contribution < 1.29 is 14.3 Å². The Morgan fingerprint density at radius 1 is 1.17 bits per heavy atom. The van der Waals surface area contributed by atoms with E-state index in [-0.39, 0.29) is 24.4 Å². The van der Waals surface area contributed by atoms with Gasteiger partial charge in [0.25, 0.3) is 5.56 Å². The molecule has 148 valence electrons. The van der Waals surface area contributed by atoms with E-state index in [0.29, 0.717) is 28.2 Å². The van der Waals surface area contributed by atoms with Crippen LogP contribution in [0, 0.1) is 0 Å². The van der Waals surface area contributed by atoms with Gasteiger partial charge in [-0.05, 0) is 18.2 Å². The van der Waals surface area contributed by atoms with Gasteiger partial charge in [0, 0.05) is 29.9 Å². The molecule has 0 atom stereocenters. The van der Waals surface area contributed by atoms with E-state index >= 15 is 0 Å². The van der Waals surface area contributed by atoms with Crippen LogP contribution in [0.5, 0.6) is 11.5 Å². The Hall–Kier alpha value is -3.81. The van der Waals surface area contributed by atoms with Crippen molar-refractivity contribution in [3.63, 3.8) is 0 Å². The van der Waals surface area contributed by atoms with Crippen LogP contribution in [0.3, 0.4) is 0 Å². The van der Waals surface area contributed by atoms with Gasteiger partial charge in [-0.1, -0.05) is 18.2 Å². The number of aryl methyl sites for hydroxylation is 1. The van der Waals surface area contributed by atoms with Crippen LogP contribution < -0.4 is 20.3 Å². The number of nitrogens with zero attached hydrogens (tertiary/aromatic N) is 2. The highest BCUT2D eigenvalue weighted by Gasteiger charge is 2.13. The van der Waals surface area contributed by atoms with Gasteiger partial charge in [-0.3, -0.25) is 14.2 Å². The van der Waals surface area contributed by atoms with Crippen molar-refractivity contribution in [1.29, 1.82) is 0 Å². The molecule has 0 saturated heterocycles. The van der Waals surface area contributed by atoms with Gasteiger partial charge in [-0.15, -0.1) is 0 Å². The summed E-state index contributed by atoms with van der Waals surface area (Å²) in [4.78, 5) is 32.7. The molecule has 2 aromatic heterocycles. The molecule has 1 amide bonds. The highest BCUT2D eigenvalue weighted by molar-refractivity contribution is 6.04. The maximum absolute atomic E-state index is 12.8. The first-order valence-electron chi connectivity index (χ1n) is 9.08. The number of hydrogen-bond donors (Lipinski definition) is 2. The molecule has 0 aliphatic carbocycles. The van der Waals surface area contributed by atoms with Gasteiger partial charge in [-0.25, -0.2) is 4.98 Å². The minimum absolute atomic E-state index is 0.114. The SMILES string of the molecule is COc1ccc(NC(=O)CCn2cnc3c([nH]c4ccccc43)c2=O)c(OC)c1. The zero-order valence-electron chi connectivity index (χ0n) is 16.1. The van der Waals surface area contributed by atoms with Crippen LogP contribution in [0.4, 0.5) is 5.69 Å². The molecule has 0 aliphatic rings. The summed E-state index contributed by atoms with van der Waals surface area (Å²) in [5.41, 5.74) is 2.25. The fourth-order valence-electron chi connectivity index (χ4n) is 3.24. The van der Waals surface area contributed by atoms with E-state index in [1.165, 1.54) is 18.0 Å². The van der Waals surface area contributed by atoms with Crippen molar-refractivity contribution in [3.8, 4) is 11.5 Å². The largest absolute Gasteiger partial charge is 0.497 e. The molecule has 4 rings (SSSR count). The topological polar surface area (TPSA) is 98.2 Å². The fourth-order valence-corrected chi connectivity index (χ4v) is 3.24. The molecule has 0 aliphatic heterocycles. The molecule has 0 bridgehead atoms. The normalized spacial score (nSPS) is 11.0. The zero-order valence-corrected chi connectivity index (χ0v) is 16.1. The molecule has 8 nitrogen and oxygen atoms in total. The summed E-state index contributed by atoms with van der Waals surface area (Å²) in [6.45, 7) is 0.210. The van der Waals surface area contributed by atoms with Crippen LogP contribution in [0.15, 0.2) is 53.6 Å². The summed E-state index contributed by atoms with van der Waals surface area (Å²) in [5.74, 6) is 0.886. The lowest BCUT2D eigenvalue weighted by Crippen LogP contribution is -2.23. The standard InChI is InChI=1S/C21H20N4O4/c1-28-13-7-8-16(17(11-13)29-2)23-18(26)9-10-25-12-22-19-14-5-3-4-6-15(14)24-20(19)21(25)27/h3-8,11-12,24H,9-10H2,1-2H3,(H,23,26). The first-order chi connectivity index (χ1) is 14.1. The summed E-state index contributed by atoms with van der Waals surface area (Å²) < 4.78 is 11.9. The van der Waals surface area contributed by atoms with Crippen LogP contribution in [0.1, 0.15) is 6.42 Å². The number of methoxy groups -OCH3 is 2. The van der Waals surface area contributed by atoms with E-state index in [9.17, 15) is 9.59 Å². The van der Waals surface area contributed by atoms with E-state index < -0.39 is 0 Å². The molecule has 2 aromatic carbocycles. The molecule has 8 heteroatoms. The molecule has 2 heterocycles. The number of para-hydroxylation sites is 1. The maximum atomic E-state index is 12.8. The lowest BCUT2D eigenvalue weighted by Gasteiger charge is -2.12. The molecule has 0 unspecified atom stereocenters. The molecule has 4 aromatic rings. The number of aromatic nitrogens is 3. The lowest BCUT2D eigenvalue weighted by molar-refractivity contribution is -0.116. The highest BCUT2D eigenvalue weighted by atomic mass is 16.5. The van der Waals surface area contributed by atoms with Gasteiger partial charge in [0.2, 0.25) is 5.91 Å². The summed E-state index contributed by atoms with van der Waals surface area (Å²) in [7, 11) is 3.08. The summed E-state index contributed by atoms with van der Waals surface area (Å²) >= 11 is 0. The summed E-state index contributed by atoms with van der Waals surface area (Å²) in [6.07, 6.45) is 1.59. The first kappa shape index (κ1) is 18.5. The van der Waals surface area contributed by atoms with Gasteiger partial charge in [0.15, 0.2) is 0 Å². The smallest absolute Gasteiger partial charge is 0.277 e. The number of carbonyl (C=O) groups excluding carboxylic acids is 1. The van der Waals surface area contributed by atoms with Crippen molar-refractivity contribution in [3.05, 3.63) is 59.1 Å². The number of rotatable bonds is 6. The molecule has 29 heavy (non-hydrogen) atoms. The number of ether oxygens (including phenoxy) is 2. The Morgan fingerprint density at radius 3 is 2.79 bits per heavy atom. The molecule has 0 fully saturated rings. The van der Waals surface area contributed by atoms with Crippen molar-refractivity contribution in [2.75, 3.05) is 19.5 Å². The maximum Gasteiger partial charge on any atom is 0.277 e. The highest BCUT2D eigenvalue weighted by Crippen LogP contribution is 2.29. The number of amides is 1. The average Bonchev–Trinajstić information content (AvgIpc) is 3.13. The Labute approximate surface area is 166 Å². The van der Waals surface area contributed by atoms with Crippen LogP contribution in [-0.2, 0) is 11.3 Å². The lowest BCUT2D eigenvalue weighted by atomic mass is 10.2. The van der Waals surface area contributed by atoms with Gasteiger partial charge >= 0.3 is 0 Å². The van der Waals surface area contributed by atoms with Gasteiger partial charge in [0.05, 0.1) is 26.2 Å². The second kappa shape index (κ2) is 7.67. The summed E-state index contributed by atoms with van der Waals surface area (Å²) in [5, 5.41) is 3.70. The zero-order chi connectivity index (χ0) is 20.4. The predicted octanol–water partition coefficient (Wildman–Crippen LogP) is 2.92. The molecule has 0 radical (unpaired) electrons. The first-order valence-corrected chi connectivity index (χ1v) is 9.08. The van der Waals surface area contributed by atoms with E-state index in [2.05, 4.69) is 15.3 Å². The van der Waals surface area contributed by atoms with E-state index in [1.54, 1.807) is 25.3 Å². The third-order valence-electron chi connectivity index (χ3n) is 4.74. The van der Waals surface area contributed by atoms with Crippen LogP contribution >= 0.6 is 0 Å². The number of benzene rings is 2. The minimum Gasteiger partial charge on any atom is -0.497 e. The molecule has 0 saturated carbocycles. The Balaban J connectivity index is 1.51. The second-order valence-corrected chi connectivity index (χ2v) is 6.50. The number of aromatic amines is 1. The molecular formula is C21H20N4O4. The van der Waals surface area contributed by atoms with Crippen LogP contribution in [-0.4, -0.2) is 34.7 Å². The van der Waals surface area contributed by atoms with Gasteiger partial charge < -0.3 is 19.8 Å². The minimum atomic E-state index is -0.239. The van der Waals surface area contributed by atoms with E-state index in [1.807, 2.05) is 24.3 Å². The van der Waals surface area contributed by atoms with Gasteiger partial charge in [-0.2, -0.15) is 0 Å². The Kier molecular flexibility index (Phi) is 4.90. The van der Waals surface area contributed by atoms with Gasteiger partial charge in [0.1, 0.15) is 22.5 Å². The van der Waals surface area contributed by atoms with Crippen LogP contribution in [0.2, 0.25) is 0 Å². The monoisotopic (exact) mass is 392 g/mol. The number of nitrogens with one attached hydrogen (secondary N) is 2. The third-order valence-corrected chi connectivity index (χ3v) is 4.74. The van der Waals surface area contributed by atoms with Crippen molar-refractivity contribution in [1.82, 2.24) is 14.5 Å². The Morgan fingerprint density at radius 2 is 2.00 bits per heavy atom. The number of fused-ring (bicyclic) bond motifs is 3. The number of anilines is 1. The fraction of sp³-hybridized carbons (Fsp3) is 0.190. The Bertz CT molecular complexity index is 1260. The average molecular weight is 392 g/mol. The number of carbonyl (C=O) groups is 1. The third kappa shape index (κ3) is 3.52. The van der Waals surface area contributed by atoms with Crippen LogP contribution in [0.25, 0.3) is 21.9 Å². The molecule has 2 N–H and O–H groups in total. The predicted molar refractivity (Wildman–Crippen MR) is 111 cm³/mol. The number of H-pyrrole nitrogens is 1. The van der Waals surface area contributed by atoms with Crippen molar-refractivity contribution in [2.24, 2.45) is 0 Å². The van der Waals surface area contributed by atoms with E-state index in [0.717, 1.165) is 10.9 Å². The quantitative estimate of drug-likeness (QED) is 0.526.